The Balaban J connectivity index is 1.84. The molecule has 2 heterocycles. The Morgan fingerprint density at radius 3 is 2.46 bits per heavy atom. The number of carbonyl (C=O) groups is 2. The van der Waals surface area contributed by atoms with Gasteiger partial charge in [0.25, 0.3) is 0 Å². The SMILES string of the molecule is CC(=O)c1c(C)[nH]c(C(=O)[C@@H](C)N2CCc3ccccc3C2)c1C. The number of hydrogen-bond donors (Lipinski definition) is 1. The molecule has 2 aromatic rings. The van der Waals surface area contributed by atoms with Crippen molar-refractivity contribution in [2.45, 2.75) is 46.7 Å². The maximum atomic E-state index is 13.0. The Morgan fingerprint density at radius 2 is 1.83 bits per heavy atom. The van der Waals surface area contributed by atoms with Gasteiger partial charge in [-0.25, -0.2) is 0 Å². The number of aryl methyl sites for hydroxylation is 1. The lowest BCUT2D eigenvalue weighted by atomic mass is 9.96. The molecule has 0 spiro atoms. The van der Waals surface area contributed by atoms with Crippen molar-refractivity contribution < 1.29 is 9.59 Å². The van der Waals surface area contributed by atoms with Gasteiger partial charge in [0.1, 0.15) is 0 Å². The zero-order valence-corrected chi connectivity index (χ0v) is 14.8. The lowest BCUT2D eigenvalue weighted by molar-refractivity contribution is 0.0814. The first-order valence-corrected chi connectivity index (χ1v) is 8.45. The number of Topliss-reactive ketones (excluding diaryl/α,β-unsaturated/α-hetero) is 2. The first-order valence-electron chi connectivity index (χ1n) is 8.45. The predicted molar refractivity (Wildman–Crippen MR) is 94.6 cm³/mol. The van der Waals surface area contributed by atoms with Crippen LogP contribution in [-0.2, 0) is 13.0 Å². The second-order valence-corrected chi connectivity index (χ2v) is 6.71. The third kappa shape index (κ3) is 2.82. The fraction of sp³-hybridized carbons (Fsp3) is 0.400. The van der Waals surface area contributed by atoms with Crippen molar-refractivity contribution in [3.63, 3.8) is 0 Å². The number of aromatic amines is 1. The van der Waals surface area contributed by atoms with Crippen LogP contribution in [0.25, 0.3) is 0 Å². The molecule has 1 aliphatic heterocycles. The van der Waals surface area contributed by atoms with Crippen LogP contribution in [0.4, 0.5) is 0 Å². The van der Waals surface area contributed by atoms with E-state index < -0.39 is 0 Å². The molecule has 126 valence electrons. The Hall–Kier alpha value is -2.20. The van der Waals surface area contributed by atoms with Crippen LogP contribution in [0.3, 0.4) is 0 Å². The monoisotopic (exact) mass is 324 g/mol. The van der Waals surface area contributed by atoms with Crippen LogP contribution in [0.15, 0.2) is 24.3 Å². The fourth-order valence-electron chi connectivity index (χ4n) is 3.75. The van der Waals surface area contributed by atoms with E-state index in [2.05, 4.69) is 28.1 Å². The highest BCUT2D eigenvalue weighted by Gasteiger charge is 2.29. The van der Waals surface area contributed by atoms with Gasteiger partial charge in [-0.3, -0.25) is 14.5 Å². The number of carbonyl (C=O) groups excluding carboxylic acids is 2. The van der Waals surface area contributed by atoms with Gasteiger partial charge >= 0.3 is 0 Å². The number of hydrogen-bond acceptors (Lipinski definition) is 3. The number of fused-ring (bicyclic) bond motifs is 1. The van der Waals surface area contributed by atoms with E-state index in [0.29, 0.717) is 11.3 Å². The van der Waals surface area contributed by atoms with E-state index in [4.69, 9.17) is 0 Å². The average molecular weight is 324 g/mol. The molecule has 1 aromatic heterocycles. The van der Waals surface area contributed by atoms with E-state index in [0.717, 1.165) is 30.8 Å². The molecule has 4 heteroatoms. The number of rotatable bonds is 4. The normalized spacial score (nSPS) is 15.8. The van der Waals surface area contributed by atoms with Crippen molar-refractivity contribution in [2.24, 2.45) is 0 Å². The van der Waals surface area contributed by atoms with Crippen molar-refractivity contribution in [1.82, 2.24) is 9.88 Å². The summed E-state index contributed by atoms with van der Waals surface area (Å²) in [7, 11) is 0. The van der Waals surface area contributed by atoms with Crippen LogP contribution in [0.1, 0.15) is 57.1 Å². The molecule has 4 nitrogen and oxygen atoms in total. The maximum absolute atomic E-state index is 13.0. The van der Waals surface area contributed by atoms with Crippen molar-refractivity contribution >= 4 is 11.6 Å². The van der Waals surface area contributed by atoms with Crippen molar-refractivity contribution in [2.75, 3.05) is 6.54 Å². The third-order valence-electron chi connectivity index (χ3n) is 5.12. The molecule has 1 atom stereocenters. The van der Waals surface area contributed by atoms with Crippen LogP contribution >= 0.6 is 0 Å². The number of ketones is 2. The number of H-pyrrole nitrogens is 1. The minimum atomic E-state index is -0.213. The van der Waals surface area contributed by atoms with Crippen LogP contribution in [0.5, 0.6) is 0 Å². The smallest absolute Gasteiger partial charge is 0.196 e. The van der Waals surface area contributed by atoms with Crippen LogP contribution in [-0.4, -0.2) is 34.0 Å². The van der Waals surface area contributed by atoms with E-state index in [1.54, 1.807) is 6.92 Å². The van der Waals surface area contributed by atoms with E-state index in [9.17, 15) is 9.59 Å². The summed E-state index contributed by atoms with van der Waals surface area (Å²) in [5.41, 5.74) is 5.44. The second kappa shape index (κ2) is 6.36. The minimum absolute atomic E-state index is 0.000136. The molecule has 0 bridgehead atoms. The second-order valence-electron chi connectivity index (χ2n) is 6.71. The largest absolute Gasteiger partial charge is 0.355 e. The number of nitrogens with one attached hydrogen (secondary N) is 1. The Morgan fingerprint density at radius 1 is 1.17 bits per heavy atom. The van der Waals surface area contributed by atoms with Gasteiger partial charge in [-0.1, -0.05) is 24.3 Å². The molecule has 1 aliphatic rings. The van der Waals surface area contributed by atoms with Gasteiger partial charge in [-0.05, 0) is 50.8 Å². The minimum Gasteiger partial charge on any atom is -0.355 e. The predicted octanol–water partition coefficient (Wildman–Crippen LogP) is 3.46. The molecular weight excluding hydrogens is 300 g/mol. The van der Waals surface area contributed by atoms with Crippen molar-refractivity contribution in [3.05, 3.63) is 57.9 Å². The quantitative estimate of drug-likeness (QED) is 0.876. The molecule has 1 N–H and O–H groups in total. The van der Waals surface area contributed by atoms with E-state index in [-0.39, 0.29) is 17.6 Å². The van der Waals surface area contributed by atoms with Crippen LogP contribution < -0.4 is 0 Å². The highest BCUT2D eigenvalue weighted by Crippen LogP contribution is 2.24. The third-order valence-corrected chi connectivity index (χ3v) is 5.12. The number of nitrogens with zero attached hydrogens (tertiary/aromatic N) is 1. The molecule has 24 heavy (non-hydrogen) atoms. The summed E-state index contributed by atoms with van der Waals surface area (Å²) in [6, 6.07) is 8.20. The lowest BCUT2D eigenvalue weighted by Gasteiger charge is -2.32. The molecule has 1 aromatic carbocycles. The summed E-state index contributed by atoms with van der Waals surface area (Å²) in [4.78, 5) is 30.1. The van der Waals surface area contributed by atoms with Crippen LogP contribution in [0.2, 0.25) is 0 Å². The van der Waals surface area contributed by atoms with Gasteiger partial charge in [0, 0.05) is 24.3 Å². The van der Waals surface area contributed by atoms with Gasteiger partial charge in [0.05, 0.1) is 11.7 Å². The zero-order valence-electron chi connectivity index (χ0n) is 14.8. The molecule has 0 fully saturated rings. The maximum Gasteiger partial charge on any atom is 0.196 e. The summed E-state index contributed by atoms with van der Waals surface area (Å²) in [6.45, 7) is 8.87. The van der Waals surface area contributed by atoms with Crippen molar-refractivity contribution in [3.8, 4) is 0 Å². The summed E-state index contributed by atoms with van der Waals surface area (Å²) in [5, 5.41) is 0. The molecule has 0 aliphatic carbocycles. The molecule has 0 unspecified atom stereocenters. The Labute approximate surface area is 142 Å². The van der Waals surface area contributed by atoms with Gasteiger partial charge in [-0.2, -0.15) is 0 Å². The molecule has 0 amide bonds. The Bertz CT molecular complexity index is 804. The molecular formula is C20H24N2O2. The fourth-order valence-corrected chi connectivity index (χ4v) is 3.75. The van der Waals surface area contributed by atoms with Gasteiger partial charge < -0.3 is 4.98 Å². The highest BCUT2D eigenvalue weighted by atomic mass is 16.1. The van der Waals surface area contributed by atoms with Gasteiger partial charge in [0.2, 0.25) is 0 Å². The summed E-state index contributed by atoms with van der Waals surface area (Å²) < 4.78 is 0. The Kier molecular flexibility index (Phi) is 4.41. The lowest BCUT2D eigenvalue weighted by Crippen LogP contribution is -2.42. The van der Waals surface area contributed by atoms with Gasteiger partial charge in [0.15, 0.2) is 11.6 Å². The molecule has 0 radical (unpaired) electrons. The van der Waals surface area contributed by atoms with E-state index >= 15 is 0 Å². The van der Waals surface area contributed by atoms with E-state index in [1.165, 1.54) is 11.1 Å². The molecule has 0 saturated carbocycles. The average Bonchev–Trinajstić information content (AvgIpc) is 2.87. The highest BCUT2D eigenvalue weighted by molar-refractivity contribution is 6.05. The molecule has 0 saturated heterocycles. The first-order chi connectivity index (χ1) is 11.4. The number of aromatic nitrogens is 1. The summed E-state index contributed by atoms with van der Waals surface area (Å²) in [6.07, 6.45) is 0.967. The first kappa shape index (κ1) is 16.7. The number of benzene rings is 1. The zero-order chi connectivity index (χ0) is 17.4. The van der Waals surface area contributed by atoms with E-state index in [1.807, 2.05) is 26.8 Å². The summed E-state index contributed by atoms with van der Waals surface area (Å²) >= 11 is 0. The standard InChI is InChI=1S/C20H24N2O2/c1-12-18(15(4)23)13(2)21-19(12)20(24)14(3)22-10-9-16-7-5-6-8-17(16)11-22/h5-8,14,21H,9-11H2,1-4H3/t14-/m1/s1. The molecule has 3 rings (SSSR count). The van der Waals surface area contributed by atoms with Crippen molar-refractivity contribution in [1.29, 1.82) is 0 Å². The van der Waals surface area contributed by atoms with Gasteiger partial charge in [-0.15, -0.1) is 0 Å². The van der Waals surface area contributed by atoms with Crippen LogP contribution in [0, 0.1) is 13.8 Å². The summed E-state index contributed by atoms with van der Waals surface area (Å²) in [5.74, 6) is 0.0577. The topological polar surface area (TPSA) is 53.2 Å².